The van der Waals surface area contributed by atoms with Crippen LogP contribution in [-0.4, -0.2) is 31.1 Å². The molecule has 2 N–H and O–H groups in total. The topological polar surface area (TPSA) is 38.5 Å². The molecule has 1 aliphatic heterocycles. The fourth-order valence-electron chi connectivity index (χ4n) is 3.66. The number of likely N-dealkylation sites (tertiary alicyclic amines) is 1. The lowest BCUT2D eigenvalue weighted by molar-refractivity contribution is 0.0893. The predicted octanol–water partition coefficient (Wildman–Crippen LogP) is 3.49. The van der Waals surface area contributed by atoms with E-state index in [1.54, 1.807) is 7.11 Å². The van der Waals surface area contributed by atoms with Crippen LogP contribution in [0.2, 0.25) is 0 Å². The van der Waals surface area contributed by atoms with Gasteiger partial charge in [0.15, 0.2) is 0 Å². The van der Waals surface area contributed by atoms with Crippen LogP contribution in [0.3, 0.4) is 0 Å². The highest BCUT2D eigenvalue weighted by Crippen LogP contribution is 2.31. The highest BCUT2D eigenvalue weighted by Gasteiger charge is 2.29. The minimum absolute atomic E-state index is 0.327. The van der Waals surface area contributed by atoms with Gasteiger partial charge in [0.25, 0.3) is 0 Å². The van der Waals surface area contributed by atoms with E-state index in [9.17, 15) is 0 Å². The van der Waals surface area contributed by atoms with Gasteiger partial charge in [0.2, 0.25) is 0 Å². The zero-order chi connectivity index (χ0) is 15.1. The molecule has 1 aliphatic rings. The van der Waals surface area contributed by atoms with Gasteiger partial charge in [0.1, 0.15) is 0 Å². The summed E-state index contributed by atoms with van der Waals surface area (Å²) in [6.45, 7) is 4.80. The number of piperidine rings is 1. The second-order valence-corrected chi connectivity index (χ2v) is 6.06. The average Bonchev–Trinajstić information content (AvgIpc) is 2.52. The summed E-state index contributed by atoms with van der Waals surface area (Å²) in [5.41, 5.74) is 8.80. The van der Waals surface area contributed by atoms with E-state index in [0.29, 0.717) is 25.2 Å². The van der Waals surface area contributed by atoms with Gasteiger partial charge < -0.3 is 10.5 Å². The average molecular weight is 290 g/mol. The zero-order valence-corrected chi connectivity index (χ0v) is 13.6. The number of nitrogens with zero attached hydrogens (tertiary/aromatic N) is 1. The van der Waals surface area contributed by atoms with Gasteiger partial charge in [-0.25, -0.2) is 0 Å². The molecule has 0 aliphatic carbocycles. The fourth-order valence-corrected chi connectivity index (χ4v) is 3.66. The van der Waals surface area contributed by atoms with Crippen molar-refractivity contribution in [2.24, 2.45) is 5.73 Å². The molecule has 3 heteroatoms. The molecule has 1 heterocycles. The van der Waals surface area contributed by atoms with Crippen molar-refractivity contribution in [3.05, 3.63) is 35.4 Å². The number of ether oxygens (including phenoxy) is 1. The number of methoxy groups -OCH3 is 1. The van der Waals surface area contributed by atoms with E-state index in [1.807, 2.05) is 0 Å². The van der Waals surface area contributed by atoms with Gasteiger partial charge in [-0.3, -0.25) is 4.90 Å². The molecule has 1 aromatic rings. The van der Waals surface area contributed by atoms with Gasteiger partial charge in [0, 0.05) is 25.7 Å². The van der Waals surface area contributed by atoms with Crippen LogP contribution in [0.1, 0.15) is 56.2 Å². The van der Waals surface area contributed by atoms with E-state index in [-0.39, 0.29) is 0 Å². The summed E-state index contributed by atoms with van der Waals surface area (Å²) in [4.78, 5) is 2.65. The Kier molecular flexibility index (Phi) is 6.68. The molecule has 0 aromatic heterocycles. The third-order valence-electron chi connectivity index (χ3n) is 4.63. The Bertz CT molecular complexity index is 419. The van der Waals surface area contributed by atoms with Crippen LogP contribution in [0.15, 0.2) is 24.3 Å². The van der Waals surface area contributed by atoms with Crippen molar-refractivity contribution < 1.29 is 4.74 Å². The molecular weight excluding hydrogens is 260 g/mol. The van der Waals surface area contributed by atoms with E-state index >= 15 is 0 Å². The Labute approximate surface area is 129 Å². The van der Waals surface area contributed by atoms with Crippen molar-refractivity contribution >= 4 is 0 Å². The first-order valence-electron chi connectivity index (χ1n) is 8.34. The quantitative estimate of drug-likeness (QED) is 0.835. The van der Waals surface area contributed by atoms with Crippen molar-refractivity contribution in [1.82, 2.24) is 4.90 Å². The highest BCUT2D eigenvalue weighted by atomic mass is 16.5. The molecule has 21 heavy (non-hydrogen) atoms. The van der Waals surface area contributed by atoms with Gasteiger partial charge in [-0.1, -0.05) is 44.0 Å². The number of benzene rings is 1. The van der Waals surface area contributed by atoms with Crippen LogP contribution in [0.25, 0.3) is 0 Å². The van der Waals surface area contributed by atoms with Crippen LogP contribution >= 0.6 is 0 Å². The second-order valence-electron chi connectivity index (χ2n) is 6.06. The standard InChI is InChI=1S/C18H30N2O/c1-3-8-16-10-6-7-12-20(16)18(13-19)17-11-5-4-9-15(17)14-21-2/h4-5,9,11,16,18H,3,6-8,10,12-14,19H2,1-2H3. The van der Waals surface area contributed by atoms with Crippen molar-refractivity contribution in [3.63, 3.8) is 0 Å². The van der Waals surface area contributed by atoms with E-state index in [1.165, 1.54) is 49.8 Å². The lowest BCUT2D eigenvalue weighted by Gasteiger charge is -2.41. The molecule has 0 saturated carbocycles. The number of hydrogen-bond donors (Lipinski definition) is 1. The smallest absolute Gasteiger partial charge is 0.0716 e. The monoisotopic (exact) mass is 290 g/mol. The van der Waals surface area contributed by atoms with Gasteiger partial charge in [-0.05, 0) is 36.9 Å². The molecule has 1 fully saturated rings. The minimum Gasteiger partial charge on any atom is -0.380 e. The van der Waals surface area contributed by atoms with Crippen molar-refractivity contribution in [1.29, 1.82) is 0 Å². The van der Waals surface area contributed by atoms with Gasteiger partial charge in [0.05, 0.1) is 6.61 Å². The van der Waals surface area contributed by atoms with Crippen LogP contribution in [0.5, 0.6) is 0 Å². The Hall–Kier alpha value is -0.900. The zero-order valence-electron chi connectivity index (χ0n) is 13.6. The first kappa shape index (κ1) is 16.5. The number of nitrogens with two attached hydrogens (primary N) is 1. The van der Waals surface area contributed by atoms with Crippen molar-refractivity contribution in [3.8, 4) is 0 Å². The van der Waals surface area contributed by atoms with E-state index < -0.39 is 0 Å². The molecule has 0 bridgehead atoms. The molecule has 3 nitrogen and oxygen atoms in total. The molecule has 2 atom stereocenters. The molecule has 0 radical (unpaired) electrons. The molecule has 1 saturated heterocycles. The first-order valence-corrected chi connectivity index (χ1v) is 8.34. The summed E-state index contributed by atoms with van der Waals surface area (Å²) in [5.74, 6) is 0. The van der Waals surface area contributed by atoms with Crippen molar-refractivity contribution in [2.75, 3.05) is 20.2 Å². The normalized spacial score (nSPS) is 21.4. The molecule has 1 aromatic carbocycles. The summed E-state index contributed by atoms with van der Waals surface area (Å²) in [5, 5.41) is 0. The lowest BCUT2D eigenvalue weighted by atomic mass is 9.92. The summed E-state index contributed by atoms with van der Waals surface area (Å²) in [6, 6.07) is 9.62. The minimum atomic E-state index is 0.327. The SMILES string of the molecule is CCCC1CCCCN1C(CN)c1ccccc1COC. The summed E-state index contributed by atoms with van der Waals surface area (Å²) in [7, 11) is 1.76. The second kappa shape index (κ2) is 8.52. The molecule has 2 unspecified atom stereocenters. The summed E-state index contributed by atoms with van der Waals surface area (Å²) in [6.07, 6.45) is 6.50. The third kappa shape index (κ3) is 4.06. The Morgan fingerprint density at radius 2 is 2.14 bits per heavy atom. The van der Waals surface area contributed by atoms with Crippen LogP contribution in [-0.2, 0) is 11.3 Å². The fraction of sp³-hybridized carbons (Fsp3) is 0.667. The lowest BCUT2D eigenvalue weighted by Crippen LogP contribution is -2.44. The molecule has 0 spiro atoms. The predicted molar refractivity (Wildman–Crippen MR) is 88.2 cm³/mol. The van der Waals surface area contributed by atoms with Gasteiger partial charge in [-0.15, -0.1) is 0 Å². The maximum atomic E-state index is 6.18. The molecule has 118 valence electrons. The Balaban J connectivity index is 2.25. The van der Waals surface area contributed by atoms with E-state index in [4.69, 9.17) is 10.5 Å². The Morgan fingerprint density at radius 1 is 1.33 bits per heavy atom. The van der Waals surface area contributed by atoms with E-state index in [2.05, 4.69) is 36.1 Å². The first-order chi connectivity index (χ1) is 10.3. The van der Waals surface area contributed by atoms with E-state index in [0.717, 1.165) is 0 Å². The molecular formula is C18H30N2O. The summed E-state index contributed by atoms with van der Waals surface area (Å²) >= 11 is 0. The maximum absolute atomic E-state index is 6.18. The largest absolute Gasteiger partial charge is 0.380 e. The third-order valence-corrected chi connectivity index (χ3v) is 4.63. The highest BCUT2D eigenvalue weighted by molar-refractivity contribution is 5.30. The van der Waals surface area contributed by atoms with Gasteiger partial charge in [-0.2, -0.15) is 0 Å². The van der Waals surface area contributed by atoms with Crippen LogP contribution in [0, 0.1) is 0 Å². The number of hydrogen-bond acceptors (Lipinski definition) is 3. The van der Waals surface area contributed by atoms with Gasteiger partial charge >= 0.3 is 0 Å². The summed E-state index contributed by atoms with van der Waals surface area (Å²) < 4.78 is 5.37. The number of rotatable bonds is 7. The molecule has 2 rings (SSSR count). The Morgan fingerprint density at radius 3 is 2.86 bits per heavy atom. The molecule has 0 amide bonds. The van der Waals surface area contributed by atoms with Crippen LogP contribution < -0.4 is 5.73 Å². The van der Waals surface area contributed by atoms with Crippen molar-refractivity contribution in [2.45, 2.75) is 57.7 Å². The maximum Gasteiger partial charge on any atom is 0.0716 e. The van der Waals surface area contributed by atoms with Crippen LogP contribution in [0.4, 0.5) is 0 Å².